The number of hydrogen-bond donors (Lipinski definition) is 2. The molecule has 0 bridgehead atoms. The fourth-order valence-corrected chi connectivity index (χ4v) is 1.44. The summed E-state index contributed by atoms with van der Waals surface area (Å²) in [6, 6.07) is 0.393. The number of anilines is 2. The molecular weight excluding hydrogens is 202 g/mol. The highest BCUT2D eigenvalue weighted by molar-refractivity contribution is 5.58. The molecule has 0 fully saturated rings. The number of nitrogens with zero attached hydrogens (tertiary/aromatic N) is 3. The second kappa shape index (κ2) is 5.12. The number of hydrogen-bond acceptors (Lipinski definition) is 5. The van der Waals surface area contributed by atoms with Crippen molar-refractivity contribution in [1.82, 2.24) is 9.97 Å². The lowest BCUT2D eigenvalue weighted by atomic mass is 10.2. The first kappa shape index (κ1) is 12.7. The van der Waals surface area contributed by atoms with Crippen LogP contribution in [0.1, 0.15) is 32.2 Å². The van der Waals surface area contributed by atoms with Gasteiger partial charge in [-0.3, -0.25) is 0 Å². The number of nitrogen functional groups attached to an aromatic ring is 1. The molecule has 1 aromatic heterocycles. The number of nitrogens with one attached hydrogen (secondary N) is 1. The first-order valence-electron chi connectivity index (χ1n) is 5.58. The van der Waals surface area contributed by atoms with E-state index < -0.39 is 0 Å². The molecule has 5 nitrogen and oxygen atoms in total. The van der Waals surface area contributed by atoms with Crippen LogP contribution in [0.4, 0.5) is 11.6 Å². The highest BCUT2D eigenvalue weighted by Crippen LogP contribution is 2.23. The minimum atomic E-state index is 0.393. The lowest BCUT2D eigenvalue weighted by Gasteiger charge is -2.25. The Morgan fingerprint density at radius 2 is 2.00 bits per heavy atom. The molecule has 16 heavy (non-hydrogen) atoms. The van der Waals surface area contributed by atoms with Gasteiger partial charge in [0, 0.05) is 25.1 Å². The van der Waals surface area contributed by atoms with Crippen molar-refractivity contribution in [2.75, 3.05) is 17.4 Å². The smallest absolute Gasteiger partial charge is 0.148 e. The standard InChI is InChI=1S/C11H21N5/c1-6-9-13-10(15-12)8(4)11(14-9)16(5)7(2)3/h7H,6,12H2,1-5H3,(H,13,14,15). The summed E-state index contributed by atoms with van der Waals surface area (Å²) in [6.45, 7) is 8.26. The highest BCUT2D eigenvalue weighted by atomic mass is 15.3. The van der Waals surface area contributed by atoms with Gasteiger partial charge in [0.15, 0.2) is 0 Å². The monoisotopic (exact) mass is 223 g/mol. The van der Waals surface area contributed by atoms with Crippen LogP contribution in [-0.2, 0) is 6.42 Å². The Kier molecular flexibility index (Phi) is 4.06. The zero-order valence-electron chi connectivity index (χ0n) is 10.7. The molecule has 0 radical (unpaired) electrons. The summed E-state index contributed by atoms with van der Waals surface area (Å²) in [4.78, 5) is 11.0. The van der Waals surface area contributed by atoms with E-state index in [0.717, 1.165) is 23.6 Å². The van der Waals surface area contributed by atoms with Crippen LogP contribution in [-0.4, -0.2) is 23.1 Å². The Balaban J connectivity index is 3.25. The largest absolute Gasteiger partial charge is 0.357 e. The molecule has 0 atom stereocenters. The lowest BCUT2D eigenvalue weighted by molar-refractivity contribution is 0.732. The Morgan fingerprint density at radius 1 is 1.38 bits per heavy atom. The summed E-state index contributed by atoms with van der Waals surface area (Å²) in [7, 11) is 2.03. The molecule has 0 amide bonds. The maximum atomic E-state index is 5.46. The molecule has 0 aliphatic carbocycles. The molecule has 1 heterocycles. The SMILES string of the molecule is CCc1nc(NN)c(C)c(N(C)C(C)C)n1. The second-order valence-electron chi connectivity index (χ2n) is 4.14. The molecular formula is C11H21N5. The van der Waals surface area contributed by atoms with Crippen LogP contribution in [0, 0.1) is 6.92 Å². The zero-order valence-corrected chi connectivity index (χ0v) is 10.7. The van der Waals surface area contributed by atoms with Gasteiger partial charge in [-0.05, 0) is 20.8 Å². The van der Waals surface area contributed by atoms with E-state index in [4.69, 9.17) is 5.84 Å². The van der Waals surface area contributed by atoms with Crippen molar-refractivity contribution in [2.24, 2.45) is 5.84 Å². The first-order valence-corrected chi connectivity index (χ1v) is 5.58. The summed E-state index contributed by atoms with van der Waals surface area (Å²) >= 11 is 0. The van der Waals surface area contributed by atoms with Crippen molar-refractivity contribution in [3.05, 3.63) is 11.4 Å². The van der Waals surface area contributed by atoms with Crippen molar-refractivity contribution in [3.63, 3.8) is 0 Å². The molecule has 1 aromatic rings. The summed E-state index contributed by atoms with van der Waals surface area (Å²) < 4.78 is 0. The average molecular weight is 223 g/mol. The van der Waals surface area contributed by atoms with Crippen LogP contribution in [0.3, 0.4) is 0 Å². The van der Waals surface area contributed by atoms with Crippen LogP contribution in [0.15, 0.2) is 0 Å². The second-order valence-corrected chi connectivity index (χ2v) is 4.14. The maximum Gasteiger partial charge on any atom is 0.148 e. The third-order valence-corrected chi connectivity index (χ3v) is 2.73. The highest BCUT2D eigenvalue weighted by Gasteiger charge is 2.14. The Hall–Kier alpha value is -1.36. The third kappa shape index (κ3) is 2.41. The summed E-state index contributed by atoms with van der Waals surface area (Å²) in [6.07, 6.45) is 0.799. The Morgan fingerprint density at radius 3 is 2.44 bits per heavy atom. The van der Waals surface area contributed by atoms with Gasteiger partial charge >= 0.3 is 0 Å². The minimum Gasteiger partial charge on any atom is -0.357 e. The van der Waals surface area contributed by atoms with Gasteiger partial charge in [0.1, 0.15) is 17.5 Å². The zero-order chi connectivity index (χ0) is 12.3. The predicted molar refractivity (Wildman–Crippen MR) is 67.5 cm³/mol. The van der Waals surface area contributed by atoms with E-state index in [9.17, 15) is 0 Å². The minimum absolute atomic E-state index is 0.393. The lowest BCUT2D eigenvalue weighted by Crippen LogP contribution is -2.28. The number of nitrogens with two attached hydrogens (primary N) is 1. The van der Waals surface area contributed by atoms with E-state index in [2.05, 4.69) is 34.1 Å². The number of aromatic nitrogens is 2. The van der Waals surface area contributed by atoms with Gasteiger partial charge < -0.3 is 10.3 Å². The van der Waals surface area contributed by atoms with E-state index in [1.54, 1.807) is 0 Å². The number of aryl methyl sites for hydroxylation is 1. The maximum absolute atomic E-state index is 5.46. The molecule has 90 valence electrons. The fourth-order valence-electron chi connectivity index (χ4n) is 1.44. The van der Waals surface area contributed by atoms with E-state index >= 15 is 0 Å². The number of hydrazine groups is 1. The summed E-state index contributed by atoms with van der Waals surface area (Å²) in [5.41, 5.74) is 3.61. The van der Waals surface area contributed by atoms with Crippen molar-refractivity contribution >= 4 is 11.6 Å². The normalized spacial score (nSPS) is 10.7. The average Bonchev–Trinajstić information content (AvgIpc) is 2.28. The fraction of sp³-hybridized carbons (Fsp3) is 0.636. The van der Waals surface area contributed by atoms with E-state index in [0.29, 0.717) is 11.9 Å². The van der Waals surface area contributed by atoms with E-state index in [1.165, 1.54) is 0 Å². The van der Waals surface area contributed by atoms with Gasteiger partial charge in [-0.1, -0.05) is 6.92 Å². The Bertz CT molecular complexity index is 362. The van der Waals surface area contributed by atoms with Crippen LogP contribution in [0.25, 0.3) is 0 Å². The molecule has 0 aliphatic heterocycles. The van der Waals surface area contributed by atoms with Crippen LogP contribution < -0.4 is 16.2 Å². The van der Waals surface area contributed by atoms with E-state index in [-0.39, 0.29) is 0 Å². The first-order chi connectivity index (χ1) is 7.51. The van der Waals surface area contributed by atoms with Gasteiger partial charge in [-0.2, -0.15) is 0 Å². The molecule has 0 aromatic carbocycles. The van der Waals surface area contributed by atoms with Crippen molar-refractivity contribution in [3.8, 4) is 0 Å². The quantitative estimate of drug-likeness (QED) is 0.598. The molecule has 0 spiro atoms. The molecule has 0 saturated heterocycles. The van der Waals surface area contributed by atoms with Crippen LogP contribution >= 0.6 is 0 Å². The van der Waals surface area contributed by atoms with Gasteiger partial charge in [0.05, 0.1) is 0 Å². The number of rotatable bonds is 4. The molecule has 3 N–H and O–H groups in total. The topological polar surface area (TPSA) is 67.1 Å². The van der Waals surface area contributed by atoms with Crippen molar-refractivity contribution < 1.29 is 0 Å². The molecule has 1 rings (SSSR count). The van der Waals surface area contributed by atoms with Gasteiger partial charge in [-0.25, -0.2) is 15.8 Å². The van der Waals surface area contributed by atoms with Gasteiger partial charge in [0.25, 0.3) is 0 Å². The van der Waals surface area contributed by atoms with Gasteiger partial charge in [-0.15, -0.1) is 0 Å². The Labute approximate surface area is 97.0 Å². The van der Waals surface area contributed by atoms with Crippen LogP contribution in [0.2, 0.25) is 0 Å². The molecule has 5 heteroatoms. The van der Waals surface area contributed by atoms with E-state index in [1.807, 2.05) is 20.9 Å². The molecule has 0 unspecified atom stereocenters. The summed E-state index contributed by atoms with van der Waals surface area (Å²) in [5, 5.41) is 0. The van der Waals surface area contributed by atoms with Gasteiger partial charge in [0.2, 0.25) is 0 Å². The van der Waals surface area contributed by atoms with Crippen molar-refractivity contribution in [1.29, 1.82) is 0 Å². The predicted octanol–water partition coefficient (Wildman–Crippen LogP) is 1.48. The molecule has 0 aliphatic rings. The molecule has 0 saturated carbocycles. The third-order valence-electron chi connectivity index (χ3n) is 2.73. The summed E-state index contributed by atoms with van der Waals surface area (Å²) in [5.74, 6) is 7.91. The van der Waals surface area contributed by atoms with Crippen LogP contribution in [0.5, 0.6) is 0 Å². The van der Waals surface area contributed by atoms with Crippen molar-refractivity contribution in [2.45, 2.75) is 40.2 Å².